The minimum Gasteiger partial charge on any atom is -0.459 e. The molecule has 0 spiro atoms. The molecule has 0 aliphatic carbocycles. The second-order valence-electron chi connectivity index (χ2n) is 8.03. The number of aryl methyl sites for hydroxylation is 1. The second kappa shape index (κ2) is 12.0. The van der Waals surface area contributed by atoms with Gasteiger partial charge in [-0.1, -0.05) is 36.4 Å². The largest absolute Gasteiger partial charge is 0.459 e. The summed E-state index contributed by atoms with van der Waals surface area (Å²) >= 11 is 0. The monoisotopic (exact) mass is 482 g/mol. The predicted molar refractivity (Wildman–Crippen MR) is 140 cm³/mol. The van der Waals surface area contributed by atoms with Gasteiger partial charge in [0.25, 0.3) is 5.91 Å². The Morgan fingerprint density at radius 3 is 2.03 bits per heavy atom. The highest BCUT2D eigenvalue weighted by Gasteiger charge is 2.09. The first-order valence-corrected chi connectivity index (χ1v) is 11.5. The Morgan fingerprint density at radius 2 is 1.33 bits per heavy atom. The van der Waals surface area contributed by atoms with Crippen molar-refractivity contribution in [2.75, 3.05) is 27.8 Å². The molecule has 0 bridgehead atoms. The number of rotatable bonds is 10. The summed E-state index contributed by atoms with van der Waals surface area (Å²) < 4.78 is 5.09. The zero-order valence-electron chi connectivity index (χ0n) is 19.5. The fourth-order valence-corrected chi connectivity index (χ4v) is 3.46. The van der Waals surface area contributed by atoms with E-state index in [1.54, 1.807) is 60.7 Å². The number of benzene rings is 3. The molecule has 1 aromatic heterocycles. The molecule has 0 aliphatic heterocycles. The van der Waals surface area contributed by atoms with Crippen molar-refractivity contribution in [2.45, 2.75) is 12.8 Å². The molecule has 4 rings (SSSR count). The highest BCUT2D eigenvalue weighted by Crippen LogP contribution is 2.17. The third-order valence-corrected chi connectivity index (χ3v) is 5.25. The number of anilines is 4. The molecule has 3 amide bonds. The first-order chi connectivity index (χ1) is 17.5. The Bertz CT molecular complexity index is 1300. The molecule has 36 heavy (non-hydrogen) atoms. The normalized spacial score (nSPS) is 10.3. The van der Waals surface area contributed by atoms with Gasteiger partial charge in [-0.05, 0) is 66.6 Å². The maximum Gasteiger partial charge on any atom is 0.291 e. The number of amides is 3. The van der Waals surface area contributed by atoms with Crippen LogP contribution in [0.1, 0.15) is 22.5 Å². The van der Waals surface area contributed by atoms with E-state index in [0.29, 0.717) is 35.6 Å². The average molecular weight is 483 g/mol. The van der Waals surface area contributed by atoms with E-state index in [1.165, 1.54) is 6.26 Å². The average Bonchev–Trinajstić information content (AvgIpc) is 3.44. The van der Waals surface area contributed by atoms with E-state index >= 15 is 0 Å². The Kier molecular flexibility index (Phi) is 8.11. The molecular weight excluding hydrogens is 456 g/mol. The molecule has 4 aromatic rings. The fourth-order valence-electron chi connectivity index (χ4n) is 3.46. The zero-order chi connectivity index (χ0) is 25.2. The fraction of sp³-hybridized carbons (Fsp3) is 0.107. The Labute approximate surface area is 208 Å². The minimum atomic E-state index is -0.356. The molecule has 8 heteroatoms. The Morgan fingerprint density at radius 1 is 0.639 bits per heavy atom. The van der Waals surface area contributed by atoms with Crippen molar-refractivity contribution < 1.29 is 18.8 Å². The molecule has 4 N–H and O–H groups in total. The van der Waals surface area contributed by atoms with Crippen molar-refractivity contribution >= 4 is 40.5 Å². The van der Waals surface area contributed by atoms with Gasteiger partial charge in [0.2, 0.25) is 11.8 Å². The number of hydrogen-bond acceptors (Lipinski definition) is 5. The van der Waals surface area contributed by atoms with Gasteiger partial charge in [0, 0.05) is 29.2 Å². The quantitative estimate of drug-likeness (QED) is 0.250. The minimum absolute atomic E-state index is 0.0353. The van der Waals surface area contributed by atoms with E-state index in [2.05, 4.69) is 21.3 Å². The van der Waals surface area contributed by atoms with Crippen LogP contribution >= 0.6 is 0 Å². The van der Waals surface area contributed by atoms with Gasteiger partial charge < -0.3 is 25.7 Å². The first-order valence-electron chi connectivity index (χ1n) is 11.5. The summed E-state index contributed by atoms with van der Waals surface area (Å²) in [5, 5.41) is 11.5. The summed E-state index contributed by atoms with van der Waals surface area (Å²) in [5.74, 6) is -0.446. The van der Waals surface area contributed by atoms with E-state index in [9.17, 15) is 14.4 Å². The lowest BCUT2D eigenvalue weighted by Gasteiger charge is -2.10. The smallest absolute Gasteiger partial charge is 0.291 e. The summed E-state index contributed by atoms with van der Waals surface area (Å²) in [6, 6.07) is 27.1. The molecule has 0 aliphatic rings. The van der Waals surface area contributed by atoms with Gasteiger partial charge in [-0.25, -0.2) is 0 Å². The van der Waals surface area contributed by atoms with Crippen LogP contribution in [0.15, 0.2) is 102 Å². The van der Waals surface area contributed by atoms with E-state index in [4.69, 9.17) is 4.42 Å². The number of carbonyl (C=O) groups excluding carboxylic acids is 3. The molecule has 3 aromatic carbocycles. The van der Waals surface area contributed by atoms with Gasteiger partial charge in [-0.2, -0.15) is 0 Å². The lowest BCUT2D eigenvalue weighted by Crippen LogP contribution is -2.21. The molecule has 8 nitrogen and oxygen atoms in total. The summed E-state index contributed by atoms with van der Waals surface area (Å²) in [7, 11) is 0. The predicted octanol–water partition coefficient (Wildman–Crippen LogP) is 5.15. The van der Waals surface area contributed by atoms with Crippen LogP contribution < -0.4 is 21.3 Å². The standard InChI is InChI=1S/C28H26N4O4/c33-26(16-11-20-6-2-1-3-7-20)30-21-12-14-22(15-13-21)31-27(34)19-29-23-8-4-9-24(18-23)32-28(35)25-10-5-17-36-25/h1-10,12-15,17-18,29H,11,16,19H2,(H,30,33)(H,31,34)(H,32,35). The number of nitrogens with one attached hydrogen (secondary N) is 4. The van der Waals surface area contributed by atoms with Crippen molar-refractivity contribution in [2.24, 2.45) is 0 Å². The van der Waals surface area contributed by atoms with Crippen LogP contribution in [0.3, 0.4) is 0 Å². The molecule has 0 atom stereocenters. The first kappa shape index (κ1) is 24.3. The SMILES string of the molecule is O=C(CCc1ccccc1)Nc1ccc(NC(=O)CNc2cccc(NC(=O)c3ccco3)c2)cc1. The van der Waals surface area contributed by atoms with Crippen LogP contribution in [-0.4, -0.2) is 24.3 Å². The van der Waals surface area contributed by atoms with Crippen LogP contribution in [0, 0.1) is 0 Å². The van der Waals surface area contributed by atoms with Gasteiger partial charge in [0.1, 0.15) is 0 Å². The van der Waals surface area contributed by atoms with Gasteiger partial charge in [0.05, 0.1) is 12.8 Å². The van der Waals surface area contributed by atoms with Crippen LogP contribution in [-0.2, 0) is 16.0 Å². The van der Waals surface area contributed by atoms with E-state index in [-0.39, 0.29) is 30.0 Å². The maximum absolute atomic E-state index is 12.4. The summed E-state index contributed by atoms with van der Waals surface area (Å²) in [6.07, 6.45) is 2.50. The molecule has 0 saturated carbocycles. The maximum atomic E-state index is 12.4. The van der Waals surface area contributed by atoms with E-state index in [0.717, 1.165) is 5.56 Å². The molecule has 182 valence electrons. The third kappa shape index (κ3) is 7.33. The summed E-state index contributed by atoms with van der Waals surface area (Å²) in [6.45, 7) is 0.0353. The topological polar surface area (TPSA) is 112 Å². The van der Waals surface area contributed by atoms with Crippen molar-refractivity contribution in [1.29, 1.82) is 0 Å². The van der Waals surface area contributed by atoms with Gasteiger partial charge in [0.15, 0.2) is 5.76 Å². The lowest BCUT2D eigenvalue weighted by molar-refractivity contribution is -0.116. The number of carbonyl (C=O) groups is 3. The van der Waals surface area contributed by atoms with E-state index < -0.39 is 0 Å². The van der Waals surface area contributed by atoms with Gasteiger partial charge >= 0.3 is 0 Å². The molecule has 0 fully saturated rings. The summed E-state index contributed by atoms with van der Waals surface area (Å²) in [4.78, 5) is 36.7. The molecule has 0 saturated heterocycles. The molecular formula is C28H26N4O4. The van der Waals surface area contributed by atoms with Crippen LogP contribution in [0.5, 0.6) is 0 Å². The van der Waals surface area contributed by atoms with Gasteiger partial charge in [-0.3, -0.25) is 14.4 Å². The lowest BCUT2D eigenvalue weighted by atomic mass is 10.1. The molecule has 1 heterocycles. The number of furan rings is 1. The van der Waals surface area contributed by atoms with Crippen molar-refractivity contribution in [3.63, 3.8) is 0 Å². The Balaban J connectivity index is 1.21. The highest BCUT2D eigenvalue weighted by atomic mass is 16.3. The van der Waals surface area contributed by atoms with Crippen LogP contribution in [0.2, 0.25) is 0 Å². The van der Waals surface area contributed by atoms with Crippen molar-refractivity contribution in [1.82, 2.24) is 0 Å². The number of hydrogen-bond donors (Lipinski definition) is 4. The van der Waals surface area contributed by atoms with Crippen molar-refractivity contribution in [3.8, 4) is 0 Å². The van der Waals surface area contributed by atoms with Crippen LogP contribution in [0.4, 0.5) is 22.7 Å². The second-order valence-corrected chi connectivity index (χ2v) is 8.03. The van der Waals surface area contributed by atoms with Crippen molar-refractivity contribution in [3.05, 3.63) is 109 Å². The summed E-state index contributed by atoms with van der Waals surface area (Å²) in [5.41, 5.74) is 3.64. The highest BCUT2D eigenvalue weighted by molar-refractivity contribution is 6.02. The van der Waals surface area contributed by atoms with E-state index in [1.807, 2.05) is 30.3 Å². The molecule has 0 unspecified atom stereocenters. The third-order valence-electron chi connectivity index (χ3n) is 5.25. The Hall–Kier alpha value is -4.85. The van der Waals surface area contributed by atoms with Crippen LogP contribution in [0.25, 0.3) is 0 Å². The zero-order valence-corrected chi connectivity index (χ0v) is 19.5. The molecule has 0 radical (unpaired) electrons. The van der Waals surface area contributed by atoms with Gasteiger partial charge in [-0.15, -0.1) is 0 Å².